The molecule has 0 fully saturated rings. The van der Waals surface area contributed by atoms with Crippen molar-refractivity contribution in [3.8, 4) is 0 Å². The minimum Gasteiger partial charge on any atom is -0.451 e. The summed E-state index contributed by atoms with van der Waals surface area (Å²) < 4.78 is 26.4. The van der Waals surface area contributed by atoms with Gasteiger partial charge >= 0.3 is 0 Å². The van der Waals surface area contributed by atoms with Gasteiger partial charge in [-0.3, -0.25) is 4.79 Å². The van der Waals surface area contributed by atoms with Gasteiger partial charge in [-0.15, -0.1) is 0 Å². The summed E-state index contributed by atoms with van der Waals surface area (Å²) in [6.07, 6.45) is 0.611. The van der Waals surface area contributed by atoms with E-state index in [-0.39, 0.29) is 30.0 Å². The van der Waals surface area contributed by atoms with Gasteiger partial charge in [0.2, 0.25) is 0 Å². The fourth-order valence-corrected chi connectivity index (χ4v) is 3.48. The highest BCUT2D eigenvalue weighted by Crippen LogP contribution is 2.29. The Labute approximate surface area is 162 Å². The first-order chi connectivity index (χ1) is 13.5. The van der Waals surface area contributed by atoms with Crippen molar-refractivity contribution in [2.24, 2.45) is 0 Å². The van der Waals surface area contributed by atoms with Gasteiger partial charge in [-0.25, -0.2) is 4.39 Å². The second kappa shape index (κ2) is 7.73. The molecule has 2 heterocycles. The Morgan fingerprint density at radius 1 is 1.29 bits per heavy atom. The van der Waals surface area contributed by atoms with Crippen LogP contribution >= 0.6 is 0 Å². The molecule has 2 aromatic carbocycles. The number of fused-ring (bicyclic) bond motifs is 2. The van der Waals surface area contributed by atoms with Gasteiger partial charge < -0.3 is 19.8 Å². The molecular formula is C22H23FN2O3. The van der Waals surface area contributed by atoms with Crippen molar-refractivity contribution in [2.75, 3.05) is 11.9 Å². The molecule has 1 amide bonds. The average Bonchev–Trinajstić information content (AvgIpc) is 3.07. The molecule has 146 valence electrons. The van der Waals surface area contributed by atoms with E-state index in [1.165, 1.54) is 0 Å². The van der Waals surface area contributed by atoms with Crippen molar-refractivity contribution < 1.29 is 18.3 Å². The molecule has 0 radical (unpaired) electrons. The Bertz CT molecular complexity index is 1030. The van der Waals surface area contributed by atoms with E-state index in [0.717, 1.165) is 17.5 Å². The number of furan rings is 1. The SMILES string of the molecule is CC(C)OCc1c(C(=O)Nc2ccc3c(c2F)CCNC3)oc2ccccc12. The van der Waals surface area contributed by atoms with Gasteiger partial charge in [0, 0.05) is 17.5 Å². The Morgan fingerprint density at radius 2 is 2.11 bits per heavy atom. The van der Waals surface area contributed by atoms with Crippen molar-refractivity contribution in [1.82, 2.24) is 5.32 Å². The summed E-state index contributed by atoms with van der Waals surface area (Å²) in [6, 6.07) is 10.9. The van der Waals surface area contributed by atoms with Crippen molar-refractivity contribution in [2.45, 2.75) is 39.5 Å². The number of nitrogens with one attached hydrogen (secondary N) is 2. The number of para-hydroxylation sites is 1. The van der Waals surface area contributed by atoms with Gasteiger partial charge in [-0.05, 0) is 50.1 Å². The largest absolute Gasteiger partial charge is 0.451 e. The van der Waals surface area contributed by atoms with Gasteiger partial charge in [0.1, 0.15) is 11.4 Å². The zero-order valence-electron chi connectivity index (χ0n) is 16.0. The number of rotatable bonds is 5. The summed E-state index contributed by atoms with van der Waals surface area (Å²) in [4.78, 5) is 12.9. The lowest BCUT2D eigenvalue weighted by Crippen LogP contribution is -2.25. The molecule has 0 bridgehead atoms. The van der Waals surface area contributed by atoms with Crippen LogP contribution in [0.2, 0.25) is 0 Å². The zero-order chi connectivity index (χ0) is 19.7. The first kappa shape index (κ1) is 18.7. The summed E-state index contributed by atoms with van der Waals surface area (Å²) in [5.41, 5.74) is 3.03. The standard InChI is InChI=1S/C22H23FN2O3/c1-13(2)27-12-17-16-5-3-4-6-19(16)28-21(17)22(26)25-18-8-7-14-11-24-10-9-15(14)20(18)23/h3-8,13,24H,9-12H2,1-2H3,(H,25,26). The van der Waals surface area contributed by atoms with E-state index in [4.69, 9.17) is 9.15 Å². The van der Waals surface area contributed by atoms with Crippen LogP contribution in [0.4, 0.5) is 10.1 Å². The molecule has 0 spiro atoms. The van der Waals surface area contributed by atoms with Crippen LogP contribution in [-0.4, -0.2) is 18.6 Å². The van der Waals surface area contributed by atoms with Gasteiger partial charge in [0.15, 0.2) is 5.76 Å². The predicted molar refractivity (Wildman–Crippen MR) is 106 cm³/mol. The van der Waals surface area contributed by atoms with Crippen LogP contribution in [0.3, 0.4) is 0 Å². The highest BCUT2D eigenvalue weighted by Gasteiger charge is 2.23. The molecule has 2 N–H and O–H groups in total. The summed E-state index contributed by atoms with van der Waals surface area (Å²) in [5, 5.41) is 6.72. The van der Waals surface area contributed by atoms with Crippen LogP contribution in [-0.2, 0) is 24.3 Å². The Kier molecular flexibility index (Phi) is 5.15. The number of benzene rings is 2. The van der Waals surface area contributed by atoms with E-state index < -0.39 is 5.91 Å². The molecule has 6 heteroatoms. The van der Waals surface area contributed by atoms with E-state index in [0.29, 0.717) is 29.7 Å². The van der Waals surface area contributed by atoms with E-state index >= 15 is 0 Å². The summed E-state index contributed by atoms with van der Waals surface area (Å²) in [5.74, 6) is -0.699. The Balaban J connectivity index is 1.67. The maximum atomic E-state index is 14.9. The number of anilines is 1. The summed E-state index contributed by atoms with van der Waals surface area (Å²) >= 11 is 0. The number of ether oxygens (including phenoxy) is 1. The third-order valence-electron chi connectivity index (χ3n) is 4.92. The molecule has 4 rings (SSSR count). The zero-order valence-corrected chi connectivity index (χ0v) is 16.0. The number of hydrogen-bond acceptors (Lipinski definition) is 4. The van der Waals surface area contributed by atoms with Crippen molar-refractivity contribution in [3.05, 3.63) is 64.7 Å². The minimum atomic E-state index is -0.480. The van der Waals surface area contributed by atoms with Crippen LogP contribution < -0.4 is 10.6 Å². The van der Waals surface area contributed by atoms with E-state index in [1.807, 2.05) is 38.1 Å². The molecule has 28 heavy (non-hydrogen) atoms. The van der Waals surface area contributed by atoms with Crippen LogP contribution in [0.1, 0.15) is 41.1 Å². The lowest BCUT2D eigenvalue weighted by molar-refractivity contribution is 0.0648. The number of carbonyl (C=O) groups excluding carboxylic acids is 1. The third-order valence-corrected chi connectivity index (χ3v) is 4.92. The normalized spacial score (nSPS) is 13.7. The lowest BCUT2D eigenvalue weighted by atomic mass is 9.99. The van der Waals surface area contributed by atoms with Crippen LogP contribution in [0.25, 0.3) is 11.0 Å². The summed E-state index contributed by atoms with van der Waals surface area (Å²) in [7, 11) is 0. The smallest absolute Gasteiger partial charge is 0.291 e. The topological polar surface area (TPSA) is 63.5 Å². The number of carbonyl (C=O) groups is 1. The highest BCUT2D eigenvalue weighted by atomic mass is 19.1. The molecule has 0 saturated carbocycles. The van der Waals surface area contributed by atoms with E-state index in [1.54, 1.807) is 12.1 Å². The van der Waals surface area contributed by atoms with Gasteiger partial charge in [0.25, 0.3) is 5.91 Å². The maximum absolute atomic E-state index is 14.9. The maximum Gasteiger partial charge on any atom is 0.291 e. The molecule has 0 unspecified atom stereocenters. The van der Waals surface area contributed by atoms with E-state index in [2.05, 4.69) is 10.6 Å². The molecule has 5 nitrogen and oxygen atoms in total. The minimum absolute atomic E-state index is 0.0104. The van der Waals surface area contributed by atoms with Gasteiger partial charge in [-0.1, -0.05) is 24.3 Å². The quantitative estimate of drug-likeness (QED) is 0.687. The molecule has 0 aliphatic carbocycles. The third kappa shape index (κ3) is 3.53. The van der Waals surface area contributed by atoms with Crippen LogP contribution in [0.15, 0.2) is 40.8 Å². The first-order valence-corrected chi connectivity index (χ1v) is 9.49. The lowest BCUT2D eigenvalue weighted by Gasteiger charge is -2.19. The monoisotopic (exact) mass is 382 g/mol. The van der Waals surface area contributed by atoms with Gasteiger partial charge in [-0.2, -0.15) is 0 Å². The fraction of sp³-hybridized carbons (Fsp3) is 0.318. The fourth-order valence-electron chi connectivity index (χ4n) is 3.48. The average molecular weight is 382 g/mol. The van der Waals surface area contributed by atoms with Crippen LogP contribution in [0.5, 0.6) is 0 Å². The second-order valence-electron chi connectivity index (χ2n) is 7.21. The number of amides is 1. The van der Waals surface area contributed by atoms with Crippen molar-refractivity contribution >= 4 is 22.6 Å². The van der Waals surface area contributed by atoms with E-state index in [9.17, 15) is 9.18 Å². The molecule has 1 aromatic heterocycles. The van der Waals surface area contributed by atoms with Gasteiger partial charge in [0.05, 0.1) is 18.4 Å². The molecule has 3 aromatic rings. The Hall–Kier alpha value is -2.70. The van der Waals surface area contributed by atoms with Crippen LogP contribution in [0, 0.1) is 5.82 Å². The summed E-state index contributed by atoms with van der Waals surface area (Å²) in [6.45, 7) is 5.47. The highest BCUT2D eigenvalue weighted by molar-refractivity contribution is 6.06. The van der Waals surface area contributed by atoms with Crippen molar-refractivity contribution in [1.29, 1.82) is 0 Å². The molecule has 0 atom stereocenters. The molecule has 1 aliphatic heterocycles. The number of halogens is 1. The number of hydrogen-bond donors (Lipinski definition) is 2. The second-order valence-corrected chi connectivity index (χ2v) is 7.21. The Morgan fingerprint density at radius 3 is 2.93 bits per heavy atom. The molecular weight excluding hydrogens is 359 g/mol. The first-order valence-electron chi connectivity index (χ1n) is 9.49. The predicted octanol–water partition coefficient (Wildman–Crippen LogP) is 4.39. The van der Waals surface area contributed by atoms with Crippen molar-refractivity contribution in [3.63, 3.8) is 0 Å². The molecule has 0 saturated heterocycles. The molecule has 1 aliphatic rings.